The van der Waals surface area contributed by atoms with Crippen LogP contribution >= 0.6 is 0 Å². The highest BCUT2D eigenvalue weighted by atomic mass is 32.2. The summed E-state index contributed by atoms with van der Waals surface area (Å²) in [4.78, 5) is 23.3. The fraction of sp³-hybridized carbons (Fsp3) is 0.500. The fourth-order valence-electron chi connectivity index (χ4n) is 2.12. The molecule has 0 aliphatic rings. The molecule has 3 N–H and O–H groups in total. The van der Waals surface area contributed by atoms with Crippen molar-refractivity contribution in [1.29, 1.82) is 0 Å². The van der Waals surface area contributed by atoms with Crippen LogP contribution in [-0.2, 0) is 14.8 Å². The van der Waals surface area contributed by atoms with Gasteiger partial charge in [0, 0.05) is 11.3 Å². The minimum Gasteiger partial charge on any atom is -0.480 e. The standard InChI is InChI=1S/C16H24N2O5S/c1-4-9-24(22,23)18-13-7-5-12(6-8-13)15(19)17-14(16(20)21)10-11(2)3/h5-8,11,14,18H,4,9-10H2,1-3H3,(H,17,19)(H,20,21). The molecule has 0 spiro atoms. The molecule has 0 fully saturated rings. The second-order valence-corrected chi connectivity index (χ2v) is 7.83. The molecule has 0 aliphatic carbocycles. The molecule has 1 aromatic rings. The Morgan fingerprint density at radius 1 is 1.17 bits per heavy atom. The van der Waals surface area contributed by atoms with Crippen LogP contribution in [0.3, 0.4) is 0 Å². The molecule has 24 heavy (non-hydrogen) atoms. The first kappa shape index (κ1) is 20.0. The van der Waals surface area contributed by atoms with E-state index in [1.165, 1.54) is 24.3 Å². The van der Waals surface area contributed by atoms with Gasteiger partial charge in [0.15, 0.2) is 0 Å². The van der Waals surface area contributed by atoms with Gasteiger partial charge in [0.2, 0.25) is 10.0 Å². The van der Waals surface area contributed by atoms with Crippen molar-refractivity contribution in [2.45, 2.75) is 39.7 Å². The first-order valence-corrected chi connectivity index (χ1v) is 9.44. The number of carboxylic acid groups (broad SMARTS) is 1. The lowest BCUT2D eigenvalue weighted by Gasteiger charge is -2.16. The SMILES string of the molecule is CCCS(=O)(=O)Nc1ccc(C(=O)NC(CC(C)C)C(=O)O)cc1. The molecule has 0 saturated heterocycles. The number of benzene rings is 1. The van der Waals surface area contributed by atoms with Crippen LogP contribution in [-0.4, -0.2) is 37.2 Å². The molecule has 0 aromatic heterocycles. The lowest BCUT2D eigenvalue weighted by Crippen LogP contribution is -2.41. The summed E-state index contributed by atoms with van der Waals surface area (Å²) in [5, 5.41) is 11.6. The average Bonchev–Trinajstić information content (AvgIpc) is 2.46. The quantitative estimate of drug-likeness (QED) is 0.627. The predicted octanol–water partition coefficient (Wildman–Crippen LogP) is 2.07. The molecule has 0 aliphatic heterocycles. The average molecular weight is 356 g/mol. The van der Waals surface area contributed by atoms with Crippen LogP contribution < -0.4 is 10.0 Å². The van der Waals surface area contributed by atoms with Crippen LogP contribution in [0, 0.1) is 5.92 Å². The van der Waals surface area contributed by atoms with Gasteiger partial charge in [-0.25, -0.2) is 13.2 Å². The highest BCUT2D eigenvalue weighted by Crippen LogP contribution is 2.13. The molecular formula is C16H24N2O5S. The zero-order valence-electron chi connectivity index (χ0n) is 14.1. The molecule has 134 valence electrons. The Labute approximate surface area is 142 Å². The summed E-state index contributed by atoms with van der Waals surface area (Å²) >= 11 is 0. The Hall–Kier alpha value is -2.09. The van der Waals surface area contributed by atoms with Crippen molar-refractivity contribution in [3.63, 3.8) is 0 Å². The number of anilines is 1. The number of hydrogen-bond donors (Lipinski definition) is 3. The summed E-state index contributed by atoms with van der Waals surface area (Å²) in [6, 6.07) is 4.89. The third-order valence-corrected chi connectivity index (χ3v) is 4.70. The van der Waals surface area contributed by atoms with Gasteiger partial charge >= 0.3 is 5.97 Å². The van der Waals surface area contributed by atoms with Crippen LogP contribution in [0.2, 0.25) is 0 Å². The molecule has 1 rings (SSSR count). The Balaban J connectivity index is 2.77. The highest BCUT2D eigenvalue weighted by Gasteiger charge is 2.21. The van der Waals surface area contributed by atoms with Gasteiger partial charge in [0.25, 0.3) is 5.91 Å². The zero-order valence-corrected chi connectivity index (χ0v) is 14.9. The normalized spacial score (nSPS) is 12.7. The third-order valence-electron chi connectivity index (χ3n) is 3.20. The number of nitrogens with one attached hydrogen (secondary N) is 2. The maximum absolute atomic E-state index is 12.1. The molecule has 1 atom stereocenters. The van der Waals surface area contributed by atoms with Gasteiger partial charge in [-0.2, -0.15) is 0 Å². The molecule has 0 saturated carbocycles. The number of amides is 1. The second-order valence-electron chi connectivity index (χ2n) is 5.99. The van der Waals surface area contributed by atoms with Gasteiger partial charge in [0.05, 0.1) is 5.75 Å². The number of aliphatic carboxylic acids is 1. The van der Waals surface area contributed by atoms with Gasteiger partial charge in [-0.1, -0.05) is 20.8 Å². The van der Waals surface area contributed by atoms with E-state index in [4.69, 9.17) is 5.11 Å². The number of hydrogen-bond acceptors (Lipinski definition) is 4. The molecule has 0 heterocycles. The first-order chi connectivity index (χ1) is 11.1. The van der Waals surface area contributed by atoms with Crippen molar-refractivity contribution in [3.05, 3.63) is 29.8 Å². The summed E-state index contributed by atoms with van der Waals surface area (Å²) in [5.74, 6) is -1.45. The van der Waals surface area contributed by atoms with Crippen molar-refractivity contribution in [1.82, 2.24) is 5.32 Å². The van der Waals surface area contributed by atoms with Crippen molar-refractivity contribution in [2.24, 2.45) is 5.92 Å². The van der Waals surface area contributed by atoms with Gasteiger partial charge in [-0.3, -0.25) is 9.52 Å². The van der Waals surface area contributed by atoms with Crippen LogP contribution in [0.25, 0.3) is 0 Å². The smallest absolute Gasteiger partial charge is 0.326 e. The molecule has 1 unspecified atom stereocenters. The maximum Gasteiger partial charge on any atom is 0.326 e. The van der Waals surface area contributed by atoms with Crippen molar-refractivity contribution < 1.29 is 23.1 Å². The van der Waals surface area contributed by atoms with E-state index in [1.54, 1.807) is 6.92 Å². The van der Waals surface area contributed by atoms with Gasteiger partial charge in [-0.15, -0.1) is 0 Å². The van der Waals surface area contributed by atoms with Gasteiger partial charge < -0.3 is 10.4 Å². The summed E-state index contributed by atoms with van der Waals surface area (Å²) in [7, 11) is -3.39. The Morgan fingerprint density at radius 2 is 1.75 bits per heavy atom. The first-order valence-electron chi connectivity index (χ1n) is 7.79. The Morgan fingerprint density at radius 3 is 2.21 bits per heavy atom. The predicted molar refractivity (Wildman–Crippen MR) is 92.5 cm³/mol. The van der Waals surface area contributed by atoms with E-state index in [9.17, 15) is 18.0 Å². The van der Waals surface area contributed by atoms with Crippen molar-refractivity contribution in [2.75, 3.05) is 10.5 Å². The van der Waals surface area contributed by atoms with E-state index in [2.05, 4.69) is 10.0 Å². The van der Waals surface area contributed by atoms with Gasteiger partial charge in [0.1, 0.15) is 6.04 Å². The Kier molecular flexibility index (Phi) is 7.21. The number of sulfonamides is 1. The second kappa shape index (κ2) is 8.68. The van der Waals surface area contributed by atoms with E-state index in [0.29, 0.717) is 18.5 Å². The van der Waals surface area contributed by atoms with E-state index in [-0.39, 0.29) is 17.2 Å². The fourth-order valence-corrected chi connectivity index (χ4v) is 3.26. The number of rotatable bonds is 9. The lowest BCUT2D eigenvalue weighted by molar-refractivity contribution is -0.139. The highest BCUT2D eigenvalue weighted by molar-refractivity contribution is 7.92. The largest absolute Gasteiger partial charge is 0.480 e. The zero-order chi connectivity index (χ0) is 18.3. The van der Waals surface area contributed by atoms with Gasteiger partial charge in [-0.05, 0) is 43.0 Å². The van der Waals surface area contributed by atoms with E-state index in [0.717, 1.165) is 0 Å². The van der Waals surface area contributed by atoms with Crippen LogP contribution in [0.15, 0.2) is 24.3 Å². The monoisotopic (exact) mass is 356 g/mol. The van der Waals surface area contributed by atoms with Crippen molar-refractivity contribution in [3.8, 4) is 0 Å². The van der Waals surface area contributed by atoms with E-state index >= 15 is 0 Å². The molecular weight excluding hydrogens is 332 g/mol. The Bertz CT molecular complexity index is 668. The van der Waals surface area contributed by atoms with Crippen LogP contribution in [0.1, 0.15) is 44.0 Å². The molecule has 7 nitrogen and oxygen atoms in total. The van der Waals surface area contributed by atoms with E-state index in [1.807, 2.05) is 13.8 Å². The minimum absolute atomic E-state index is 0.0186. The molecule has 1 amide bonds. The van der Waals surface area contributed by atoms with Crippen LogP contribution in [0.4, 0.5) is 5.69 Å². The summed E-state index contributed by atoms with van der Waals surface area (Å²) in [6.45, 7) is 5.52. The number of carboxylic acids is 1. The maximum atomic E-state index is 12.1. The third kappa shape index (κ3) is 6.57. The summed E-state index contributed by atoms with van der Waals surface area (Å²) in [6.07, 6.45) is 0.832. The lowest BCUT2D eigenvalue weighted by atomic mass is 10.0. The number of carbonyl (C=O) groups excluding carboxylic acids is 1. The number of carbonyl (C=O) groups is 2. The molecule has 8 heteroatoms. The summed E-state index contributed by atoms with van der Waals surface area (Å²) < 4.78 is 25.8. The van der Waals surface area contributed by atoms with Crippen LogP contribution in [0.5, 0.6) is 0 Å². The van der Waals surface area contributed by atoms with Crippen molar-refractivity contribution >= 4 is 27.6 Å². The topological polar surface area (TPSA) is 113 Å². The summed E-state index contributed by atoms with van der Waals surface area (Å²) in [5.41, 5.74) is 0.625. The molecule has 0 radical (unpaired) electrons. The molecule has 1 aromatic carbocycles. The minimum atomic E-state index is -3.39. The van der Waals surface area contributed by atoms with E-state index < -0.39 is 27.9 Å². The molecule has 0 bridgehead atoms.